The number of hydrogen-bond donors (Lipinski definition) is 1. The zero-order valence-electron chi connectivity index (χ0n) is 10.3. The first kappa shape index (κ1) is 12.4. The SMILES string of the molecule is Brc1ccc2nc(NCC3CCCCC3)sc2c1. The minimum absolute atomic E-state index is 0.845. The van der Waals surface area contributed by atoms with E-state index in [4.69, 9.17) is 0 Å². The van der Waals surface area contributed by atoms with Crippen LogP contribution in [0.2, 0.25) is 0 Å². The number of hydrogen-bond acceptors (Lipinski definition) is 3. The Hall–Kier alpha value is -0.610. The summed E-state index contributed by atoms with van der Waals surface area (Å²) in [7, 11) is 0. The first-order chi connectivity index (χ1) is 8.81. The molecule has 2 aromatic rings. The van der Waals surface area contributed by atoms with Gasteiger partial charge in [-0.2, -0.15) is 0 Å². The van der Waals surface area contributed by atoms with Crippen molar-refractivity contribution in [2.24, 2.45) is 5.92 Å². The highest BCUT2D eigenvalue weighted by molar-refractivity contribution is 9.10. The monoisotopic (exact) mass is 324 g/mol. The lowest BCUT2D eigenvalue weighted by Gasteiger charge is -2.21. The van der Waals surface area contributed by atoms with Crippen LogP contribution in [0.5, 0.6) is 0 Å². The molecule has 0 radical (unpaired) electrons. The van der Waals surface area contributed by atoms with Gasteiger partial charge in [-0.1, -0.05) is 46.5 Å². The van der Waals surface area contributed by atoms with Crippen LogP contribution in [0, 0.1) is 5.92 Å². The van der Waals surface area contributed by atoms with Gasteiger partial charge in [0, 0.05) is 11.0 Å². The molecular formula is C14H17BrN2S. The second-order valence-corrected chi connectivity index (χ2v) is 6.96. The highest BCUT2D eigenvalue weighted by Gasteiger charge is 2.13. The second kappa shape index (κ2) is 5.57. The number of halogens is 1. The maximum Gasteiger partial charge on any atom is 0.183 e. The van der Waals surface area contributed by atoms with Gasteiger partial charge in [0.1, 0.15) is 0 Å². The van der Waals surface area contributed by atoms with E-state index in [9.17, 15) is 0 Å². The van der Waals surface area contributed by atoms with Gasteiger partial charge in [-0.25, -0.2) is 4.98 Å². The van der Waals surface area contributed by atoms with E-state index >= 15 is 0 Å². The number of nitrogens with one attached hydrogen (secondary N) is 1. The van der Waals surface area contributed by atoms with E-state index in [0.29, 0.717) is 0 Å². The molecule has 0 saturated heterocycles. The van der Waals surface area contributed by atoms with Crippen LogP contribution in [0.15, 0.2) is 22.7 Å². The largest absolute Gasteiger partial charge is 0.361 e. The molecule has 0 aliphatic heterocycles. The fourth-order valence-electron chi connectivity index (χ4n) is 2.60. The number of anilines is 1. The molecule has 0 unspecified atom stereocenters. The molecule has 18 heavy (non-hydrogen) atoms. The predicted octanol–water partition coefficient (Wildman–Crippen LogP) is 5.05. The molecule has 0 amide bonds. The van der Waals surface area contributed by atoms with E-state index in [0.717, 1.165) is 27.6 Å². The molecule has 1 aromatic carbocycles. The zero-order valence-corrected chi connectivity index (χ0v) is 12.7. The van der Waals surface area contributed by atoms with Gasteiger partial charge in [0.15, 0.2) is 5.13 Å². The number of fused-ring (bicyclic) bond motifs is 1. The van der Waals surface area contributed by atoms with Crippen LogP contribution in [0.1, 0.15) is 32.1 Å². The Morgan fingerprint density at radius 2 is 2.11 bits per heavy atom. The van der Waals surface area contributed by atoms with Gasteiger partial charge in [0.05, 0.1) is 10.2 Å². The summed E-state index contributed by atoms with van der Waals surface area (Å²) in [6.07, 6.45) is 6.98. The molecule has 3 rings (SSSR count). The Bertz CT molecular complexity index is 532. The van der Waals surface area contributed by atoms with Crippen molar-refractivity contribution in [1.82, 2.24) is 4.98 Å². The molecule has 1 fully saturated rings. The summed E-state index contributed by atoms with van der Waals surface area (Å²) < 4.78 is 2.37. The van der Waals surface area contributed by atoms with Crippen molar-refractivity contribution >= 4 is 42.6 Å². The smallest absolute Gasteiger partial charge is 0.183 e. The third-order valence-corrected chi connectivity index (χ3v) is 5.09. The molecule has 1 heterocycles. The van der Waals surface area contributed by atoms with Gasteiger partial charge >= 0.3 is 0 Å². The standard InChI is InChI=1S/C14H17BrN2S/c15-11-6-7-12-13(8-11)18-14(17-12)16-9-10-4-2-1-3-5-10/h6-8,10H,1-5,9H2,(H,16,17). The van der Waals surface area contributed by atoms with Crippen molar-refractivity contribution in [2.45, 2.75) is 32.1 Å². The molecule has 96 valence electrons. The lowest BCUT2D eigenvalue weighted by atomic mass is 9.89. The molecular weight excluding hydrogens is 308 g/mol. The second-order valence-electron chi connectivity index (χ2n) is 5.02. The number of thiazole rings is 1. The Morgan fingerprint density at radius 1 is 1.28 bits per heavy atom. The summed E-state index contributed by atoms with van der Waals surface area (Å²) >= 11 is 5.25. The molecule has 1 aliphatic rings. The van der Waals surface area contributed by atoms with E-state index in [1.807, 2.05) is 6.07 Å². The summed E-state index contributed by atoms with van der Waals surface area (Å²) in [6.45, 7) is 1.08. The van der Waals surface area contributed by atoms with Crippen molar-refractivity contribution in [3.05, 3.63) is 22.7 Å². The minimum atomic E-state index is 0.845. The Labute approximate surface area is 120 Å². The van der Waals surface area contributed by atoms with Crippen LogP contribution < -0.4 is 5.32 Å². The summed E-state index contributed by atoms with van der Waals surface area (Å²) in [5.74, 6) is 0.845. The lowest BCUT2D eigenvalue weighted by molar-refractivity contribution is 0.373. The first-order valence-electron chi connectivity index (χ1n) is 6.61. The average molecular weight is 325 g/mol. The van der Waals surface area contributed by atoms with Gasteiger partial charge in [0.25, 0.3) is 0 Å². The van der Waals surface area contributed by atoms with Gasteiger partial charge < -0.3 is 5.32 Å². The number of benzene rings is 1. The van der Waals surface area contributed by atoms with Gasteiger partial charge in [-0.15, -0.1) is 0 Å². The van der Waals surface area contributed by atoms with Crippen LogP contribution in [0.3, 0.4) is 0 Å². The van der Waals surface area contributed by atoms with Crippen LogP contribution in [0.25, 0.3) is 10.2 Å². The maximum atomic E-state index is 4.62. The quantitative estimate of drug-likeness (QED) is 0.854. The molecule has 1 aliphatic carbocycles. The molecule has 2 nitrogen and oxygen atoms in total. The van der Waals surface area contributed by atoms with Crippen molar-refractivity contribution < 1.29 is 0 Å². The van der Waals surface area contributed by atoms with Crippen molar-refractivity contribution in [3.8, 4) is 0 Å². The van der Waals surface area contributed by atoms with E-state index < -0.39 is 0 Å². The van der Waals surface area contributed by atoms with Gasteiger partial charge in [-0.3, -0.25) is 0 Å². The average Bonchev–Trinajstić information content (AvgIpc) is 2.79. The molecule has 1 N–H and O–H groups in total. The normalized spacial score (nSPS) is 17.2. The summed E-state index contributed by atoms with van der Waals surface area (Å²) in [4.78, 5) is 4.62. The lowest BCUT2D eigenvalue weighted by Crippen LogP contribution is -2.16. The molecule has 4 heteroatoms. The minimum Gasteiger partial charge on any atom is -0.361 e. The van der Waals surface area contributed by atoms with E-state index in [1.54, 1.807) is 11.3 Å². The zero-order chi connectivity index (χ0) is 12.4. The molecule has 1 saturated carbocycles. The van der Waals surface area contributed by atoms with Gasteiger partial charge in [-0.05, 0) is 37.0 Å². The number of nitrogens with zero attached hydrogens (tertiary/aromatic N) is 1. The summed E-state index contributed by atoms with van der Waals surface area (Å²) in [5, 5.41) is 4.58. The summed E-state index contributed by atoms with van der Waals surface area (Å²) in [5.41, 5.74) is 1.09. The predicted molar refractivity (Wildman–Crippen MR) is 82.4 cm³/mol. The maximum absolute atomic E-state index is 4.62. The topological polar surface area (TPSA) is 24.9 Å². The Morgan fingerprint density at radius 3 is 2.94 bits per heavy atom. The summed E-state index contributed by atoms with van der Waals surface area (Å²) in [6, 6.07) is 6.26. The first-order valence-corrected chi connectivity index (χ1v) is 8.22. The van der Waals surface area contributed by atoms with Crippen molar-refractivity contribution in [1.29, 1.82) is 0 Å². The third kappa shape index (κ3) is 2.86. The molecule has 0 bridgehead atoms. The highest BCUT2D eigenvalue weighted by Crippen LogP contribution is 2.29. The molecule has 0 spiro atoms. The van der Waals surface area contributed by atoms with Crippen molar-refractivity contribution in [3.63, 3.8) is 0 Å². The van der Waals surface area contributed by atoms with E-state index in [2.05, 4.69) is 38.4 Å². The van der Waals surface area contributed by atoms with Crippen molar-refractivity contribution in [2.75, 3.05) is 11.9 Å². The highest BCUT2D eigenvalue weighted by atomic mass is 79.9. The number of rotatable bonds is 3. The van der Waals surface area contributed by atoms with Gasteiger partial charge in [0.2, 0.25) is 0 Å². The fraction of sp³-hybridized carbons (Fsp3) is 0.500. The van der Waals surface area contributed by atoms with E-state index in [1.165, 1.54) is 36.8 Å². The third-order valence-electron chi connectivity index (χ3n) is 3.62. The number of aromatic nitrogens is 1. The van der Waals surface area contributed by atoms with Crippen LogP contribution in [0.4, 0.5) is 5.13 Å². The van der Waals surface area contributed by atoms with E-state index in [-0.39, 0.29) is 0 Å². The van der Waals surface area contributed by atoms with Crippen LogP contribution in [-0.2, 0) is 0 Å². The Balaban J connectivity index is 1.67. The van der Waals surface area contributed by atoms with Crippen LogP contribution >= 0.6 is 27.3 Å². The fourth-order valence-corrected chi connectivity index (χ4v) is 4.02. The molecule has 1 aromatic heterocycles. The Kier molecular flexibility index (Phi) is 3.85. The van der Waals surface area contributed by atoms with Crippen LogP contribution in [-0.4, -0.2) is 11.5 Å². The molecule has 0 atom stereocenters.